The van der Waals surface area contributed by atoms with Crippen molar-refractivity contribution in [2.24, 2.45) is 5.41 Å². The Labute approximate surface area is 104 Å². The lowest BCUT2D eigenvalue weighted by Crippen LogP contribution is -2.31. The SMILES string of the molecule is COCc1nc(C)cc(NC(C)C(C)(C)C)n1. The molecule has 0 spiro atoms. The molecule has 0 aliphatic carbocycles. The van der Waals surface area contributed by atoms with Crippen molar-refractivity contribution < 1.29 is 4.74 Å². The molecule has 0 bridgehead atoms. The van der Waals surface area contributed by atoms with Gasteiger partial charge >= 0.3 is 0 Å². The molecule has 0 amide bonds. The predicted molar refractivity (Wildman–Crippen MR) is 70.0 cm³/mol. The number of anilines is 1. The van der Waals surface area contributed by atoms with Gasteiger partial charge in [-0.3, -0.25) is 0 Å². The Morgan fingerprint density at radius 2 is 2.00 bits per heavy atom. The van der Waals surface area contributed by atoms with Gasteiger partial charge in [-0.05, 0) is 19.3 Å². The zero-order valence-electron chi connectivity index (χ0n) is 11.7. The van der Waals surface area contributed by atoms with Crippen molar-refractivity contribution in [2.45, 2.75) is 47.3 Å². The van der Waals surface area contributed by atoms with E-state index in [0.717, 1.165) is 17.3 Å². The molecule has 4 heteroatoms. The zero-order valence-corrected chi connectivity index (χ0v) is 11.7. The fourth-order valence-electron chi connectivity index (χ4n) is 1.34. The third kappa shape index (κ3) is 4.30. The van der Waals surface area contributed by atoms with Crippen LogP contribution in [0.5, 0.6) is 0 Å². The molecule has 0 aromatic carbocycles. The topological polar surface area (TPSA) is 47.0 Å². The van der Waals surface area contributed by atoms with E-state index in [2.05, 4.69) is 43.0 Å². The Hall–Kier alpha value is -1.16. The highest BCUT2D eigenvalue weighted by molar-refractivity contribution is 5.37. The lowest BCUT2D eigenvalue weighted by atomic mass is 9.88. The molecule has 1 aromatic rings. The van der Waals surface area contributed by atoms with E-state index in [1.807, 2.05) is 13.0 Å². The largest absolute Gasteiger partial charge is 0.377 e. The second-order valence-corrected chi connectivity index (χ2v) is 5.48. The van der Waals surface area contributed by atoms with Crippen LogP contribution >= 0.6 is 0 Å². The van der Waals surface area contributed by atoms with Crippen molar-refractivity contribution in [2.75, 3.05) is 12.4 Å². The molecule has 0 saturated heterocycles. The molecule has 4 nitrogen and oxygen atoms in total. The van der Waals surface area contributed by atoms with Gasteiger partial charge in [0.25, 0.3) is 0 Å². The van der Waals surface area contributed by atoms with Crippen LogP contribution < -0.4 is 5.32 Å². The van der Waals surface area contributed by atoms with Gasteiger partial charge in [0.05, 0.1) is 0 Å². The van der Waals surface area contributed by atoms with E-state index in [-0.39, 0.29) is 5.41 Å². The van der Waals surface area contributed by atoms with Crippen LogP contribution in [0.25, 0.3) is 0 Å². The van der Waals surface area contributed by atoms with Gasteiger partial charge < -0.3 is 10.1 Å². The van der Waals surface area contributed by atoms with Crippen LogP contribution in [0.15, 0.2) is 6.07 Å². The third-order valence-corrected chi connectivity index (χ3v) is 2.84. The summed E-state index contributed by atoms with van der Waals surface area (Å²) < 4.78 is 5.06. The van der Waals surface area contributed by atoms with Crippen molar-refractivity contribution in [3.63, 3.8) is 0 Å². The minimum absolute atomic E-state index is 0.195. The molecule has 0 radical (unpaired) electrons. The van der Waals surface area contributed by atoms with Crippen LogP contribution in [0.2, 0.25) is 0 Å². The van der Waals surface area contributed by atoms with Crippen LogP contribution in [0, 0.1) is 12.3 Å². The van der Waals surface area contributed by atoms with Crippen molar-refractivity contribution in [1.82, 2.24) is 9.97 Å². The van der Waals surface area contributed by atoms with Gasteiger partial charge in [-0.1, -0.05) is 20.8 Å². The second kappa shape index (κ2) is 5.45. The van der Waals surface area contributed by atoms with Crippen LogP contribution in [0.4, 0.5) is 5.82 Å². The molecule has 1 heterocycles. The second-order valence-electron chi connectivity index (χ2n) is 5.48. The summed E-state index contributed by atoms with van der Waals surface area (Å²) in [4.78, 5) is 8.75. The number of hydrogen-bond donors (Lipinski definition) is 1. The number of aromatic nitrogens is 2. The summed E-state index contributed by atoms with van der Waals surface area (Å²) in [6.45, 7) is 11.2. The highest BCUT2D eigenvalue weighted by Gasteiger charge is 2.20. The maximum atomic E-state index is 5.06. The van der Waals surface area contributed by atoms with E-state index in [1.165, 1.54) is 0 Å². The zero-order chi connectivity index (χ0) is 13.1. The normalized spacial score (nSPS) is 13.5. The predicted octanol–water partition coefficient (Wildman–Crippen LogP) is 2.78. The van der Waals surface area contributed by atoms with Gasteiger partial charge in [0.2, 0.25) is 0 Å². The minimum atomic E-state index is 0.195. The molecule has 1 unspecified atom stereocenters. The van der Waals surface area contributed by atoms with Crippen molar-refractivity contribution in [1.29, 1.82) is 0 Å². The monoisotopic (exact) mass is 237 g/mol. The first kappa shape index (κ1) is 13.9. The van der Waals surface area contributed by atoms with E-state index >= 15 is 0 Å². The van der Waals surface area contributed by atoms with Crippen LogP contribution in [0.3, 0.4) is 0 Å². The number of nitrogens with zero attached hydrogens (tertiary/aromatic N) is 2. The number of rotatable bonds is 4. The summed E-state index contributed by atoms with van der Waals surface area (Å²) in [5, 5.41) is 3.41. The van der Waals surface area contributed by atoms with E-state index in [4.69, 9.17) is 4.74 Å². The number of ether oxygens (including phenoxy) is 1. The Balaban J connectivity index is 2.84. The number of methoxy groups -OCH3 is 1. The molecule has 0 aliphatic rings. The molecule has 0 saturated carbocycles. The summed E-state index contributed by atoms with van der Waals surface area (Å²) in [5.41, 5.74) is 1.15. The number of nitrogens with one attached hydrogen (secondary N) is 1. The summed E-state index contributed by atoms with van der Waals surface area (Å²) in [5.74, 6) is 1.59. The Morgan fingerprint density at radius 1 is 1.35 bits per heavy atom. The van der Waals surface area contributed by atoms with Gasteiger partial charge in [0, 0.05) is 24.9 Å². The molecule has 0 fully saturated rings. The summed E-state index contributed by atoms with van der Waals surface area (Å²) in [6, 6.07) is 2.30. The fraction of sp³-hybridized carbons (Fsp3) is 0.692. The van der Waals surface area contributed by atoms with Gasteiger partial charge in [0.15, 0.2) is 5.82 Å². The van der Waals surface area contributed by atoms with Crippen LogP contribution in [-0.2, 0) is 11.3 Å². The summed E-state index contributed by atoms with van der Waals surface area (Å²) in [7, 11) is 1.65. The van der Waals surface area contributed by atoms with Gasteiger partial charge in [-0.2, -0.15) is 0 Å². The fourth-order valence-corrected chi connectivity index (χ4v) is 1.34. The quantitative estimate of drug-likeness (QED) is 0.874. The van der Waals surface area contributed by atoms with Gasteiger partial charge in [0.1, 0.15) is 12.4 Å². The smallest absolute Gasteiger partial charge is 0.156 e. The number of aryl methyl sites for hydroxylation is 1. The maximum Gasteiger partial charge on any atom is 0.156 e. The number of hydrogen-bond acceptors (Lipinski definition) is 4. The third-order valence-electron chi connectivity index (χ3n) is 2.84. The molecule has 1 atom stereocenters. The minimum Gasteiger partial charge on any atom is -0.377 e. The standard InChI is InChI=1S/C13H23N3O/c1-9-7-11(15-10(2)13(3,4)5)16-12(14-9)8-17-6/h7,10H,8H2,1-6H3,(H,14,15,16). The van der Waals surface area contributed by atoms with Gasteiger partial charge in [-0.25, -0.2) is 9.97 Å². The van der Waals surface area contributed by atoms with E-state index in [1.54, 1.807) is 7.11 Å². The molecule has 0 aliphatic heterocycles. The molecular formula is C13H23N3O. The first-order chi connectivity index (χ1) is 7.82. The first-order valence-electron chi connectivity index (χ1n) is 5.93. The van der Waals surface area contributed by atoms with Crippen molar-refractivity contribution in [3.05, 3.63) is 17.6 Å². The lowest BCUT2D eigenvalue weighted by molar-refractivity contribution is 0.177. The summed E-state index contributed by atoms with van der Waals surface area (Å²) >= 11 is 0. The summed E-state index contributed by atoms with van der Waals surface area (Å²) in [6.07, 6.45) is 0. The van der Waals surface area contributed by atoms with Crippen molar-refractivity contribution in [3.8, 4) is 0 Å². The maximum absolute atomic E-state index is 5.06. The Morgan fingerprint density at radius 3 is 2.53 bits per heavy atom. The Kier molecular flexibility index (Phi) is 4.46. The molecule has 17 heavy (non-hydrogen) atoms. The molecule has 1 aromatic heterocycles. The average Bonchev–Trinajstić information content (AvgIpc) is 2.15. The average molecular weight is 237 g/mol. The highest BCUT2D eigenvalue weighted by Crippen LogP contribution is 2.22. The van der Waals surface area contributed by atoms with E-state index in [9.17, 15) is 0 Å². The highest BCUT2D eigenvalue weighted by atomic mass is 16.5. The van der Waals surface area contributed by atoms with Gasteiger partial charge in [-0.15, -0.1) is 0 Å². The molecule has 1 N–H and O–H groups in total. The Bertz CT molecular complexity index is 371. The van der Waals surface area contributed by atoms with Crippen LogP contribution in [0.1, 0.15) is 39.2 Å². The molecular weight excluding hydrogens is 214 g/mol. The molecule has 1 rings (SSSR count). The van der Waals surface area contributed by atoms with Crippen molar-refractivity contribution >= 4 is 5.82 Å². The van der Waals surface area contributed by atoms with E-state index < -0.39 is 0 Å². The first-order valence-corrected chi connectivity index (χ1v) is 5.93. The van der Waals surface area contributed by atoms with Crippen LogP contribution in [-0.4, -0.2) is 23.1 Å². The molecule has 96 valence electrons. The lowest BCUT2D eigenvalue weighted by Gasteiger charge is -2.28. The van der Waals surface area contributed by atoms with E-state index in [0.29, 0.717) is 12.6 Å².